The van der Waals surface area contributed by atoms with Crippen molar-refractivity contribution in [2.24, 2.45) is 0 Å². The average Bonchev–Trinajstić information content (AvgIpc) is 3.21. The van der Waals surface area contributed by atoms with E-state index in [0.29, 0.717) is 18.1 Å². The monoisotopic (exact) mass is 349 g/mol. The molecule has 7 heteroatoms. The molecule has 0 fully saturated rings. The Labute approximate surface area is 151 Å². The van der Waals surface area contributed by atoms with Crippen LogP contribution in [-0.2, 0) is 16.0 Å². The fourth-order valence-electron chi connectivity index (χ4n) is 2.47. The van der Waals surface area contributed by atoms with Gasteiger partial charge in [-0.1, -0.05) is 30.3 Å². The number of nitrogens with zero attached hydrogens (tertiary/aromatic N) is 3. The smallest absolute Gasteiger partial charge is 0.313 e. The molecule has 3 rings (SSSR count). The van der Waals surface area contributed by atoms with Crippen LogP contribution in [0, 0.1) is 0 Å². The van der Waals surface area contributed by atoms with Crippen LogP contribution in [0.1, 0.15) is 12.0 Å². The maximum absolute atomic E-state index is 12.1. The second-order valence-electron chi connectivity index (χ2n) is 5.62. The molecule has 132 valence electrons. The molecule has 0 aliphatic carbocycles. The molecule has 2 N–H and O–H groups in total. The largest absolute Gasteiger partial charge is 0.348 e. The van der Waals surface area contributed by atoms with Crippen LogP contribution >= 0.6 is 0 Å². The summed E-state index contributed by atoms with van der Waals surface area (Å²) in [6, 6.07) is 15.1. The van der Waals surface area contributed by atoms with E-state index in [1.807, 2.05) is 30.3 Å². The van der Waals surface area contributed by atoms with Crippen LogP contribution in [0.25, 0.3) is 5.82 Å². The normalized spacial score (nSPS) is 10.3. The molecule has 7 nitrogen and oxygen atoms in total. The van der Waals surface area contributed by atoms with Gasteiger partial charge in [-0.05, 0) is 36.6 Å². The van der Waals surface area contributed by atoms with Crippen LogP contribution in [0.5, 0.6) is 0 Å². The summed E-state index contributed by atoms with van der Waals surface area (Å²) in [5.41, 5.74) is 1.62. The third-order valence-electron chi connectivity index (χ3n) is 3.73. The van der Waals surface area contributed by atoms with E-state index in [0.717, 1.165) is 12.8 Å². The molecule has 3 aromatic rings. The van der Waals surface area contributed by atoms with E-state index < -0.39 is 11.8 Å². The number of hydrogen-bond acceptors (Lipinski definition) is 4. The number of benzene rings is 1. The second-order valence-corrected chi connectivity index (χ2v) is 5.62. The van der Waals surface area contributed by atoms with Crippen LogP contribution in [0.4, 0.5) is 5.69 Å². The molecule has 26 heavy (non-hydrogen) atoms. The zero-order chi connectivity index (χ0) is 18.2. The minimum Gasteiger partial charge on any atom is -0.348 e. The van der Waals surface area contributed by atoms with E-state index >= 15 is 0 Å². The third-order valence-corrected chi connectivity index (χ3v) is 3.73. The second kappa shape index (κ2) is 8.57. The minimum absolute atomic E-state index is 0.417. The Morgan fingerprint density at radius 2 is 1.81 bits per heavy atom. The van der Waals surface area contributed by atoms with Gasteiger partial charge in [-0.15, -0.1) is 0 Å². The van der Waals surface area contributed by atoms with Crippen LogP contribution in [-0.4, -0.2) is 33.1 Å². The summed E-state index contributed by atoms with van der Waals surface area (Å²) in [6.07, 6.45) is 6.51. The van der Waals surface area contributed by atoms with Gasteiger partial charge in [-0.25, -0.2) is 9.67 Å². The zero-order valence-electron chi connectivity index (χ0n) is 14.1. The Morgan fingerprint density at radius 1 is 0.962 bits per heavy atom. The molecule has 0 atom stereocenters. The van der Waals surface area contributed by atoms with E-state index in [9.17, 15) is 9.59 Å². The predicted octanol–water partition coefficient (Wildman–Crippen LogP) is 1.95. The summed E-state index contributed by atoms with van der Waals surface area (Å²) in [5.74, 6) is -0.956. The first-order chi connectivity index (χ1) is 12.7. The number of carbonyl (C=O) groups is 2. The average molecular weight is 349 g/mol. The van der Waals surface area contributed by atoms with Gasteiger partial charge in [0.1, 0.15) is 0 Å². The maximum Gasteiger partial charge on any atom is 0.313 e. The number of aryl methyl sites for hydroxylation is 1. The van der Waals surface area contributed by atoms with Gasteiger partial charge in [-0.3, -0.25) is 9.59 Å². The summed E-state index contributed by atoms with van der Waals surface area (Å²) >= 11 is 0. The van der Waals surface area contributed by atoms with Crippen molar-refractivity contribution in [1.82, 2.24) is 20.1 Å². The highest BCUT2D eigenvalue weighted by Crippen LogP contribution is 2.15. The van der Waals surface area contributed by atoms with Gasteiger partial charge in [0.25, 0.3) is 0 Å². The Balaban J connectivity index is 1.51. The summed E-state index contributed by atoms with van der Waals surface area (Å²) < 4.78 is 1.52. The number of pyridine rings is 1. The van der Waals surface area contributed by atoms with Gasteiger partial charge in [0.05, 0.1) is 5.69 Å². The Hall–Kier alpha value is -3.48. The lowest BCUT2D eigenvalue weighted by molar-refractivity contribution is -0.136. The Bertz CT molecular complexity index is 863. The standard InChI is InChI=1S/C19H19N5O2/c25-18(21-12-4-9-15-7-2-1-3-8-15)19(26)23-16-10-5-11-20-17(16)24-14-6-13-22-24/h1-3,5-8,10-11,13-14H,4,9,12H2,(H,21,25)(H,23,26). The first kappa shape index (κ1) is 17.3. The van der Waals surface area contributed by atoms with Crippen LogP contribution in [0.3, 0.4) is 0 Å². The molecule has 0 saturated carbocycles. The van der Waals surface area contributed by atoms with Crippen molar-refractivity contribution in [3.05, 3.63) is 72.7 Å². The number of anilines is 1. The zero-order valence-corrected chi connectivity index (χ0v) is 14.1. The van der Waals surface area contributed by atoms with Gasteiger partial charge in [0.2, 0.25) is 0 Å². The van der Waals surface area contributed by atoms with Gasteiger partial charge >= 0.3 is 11.8 Å². The van der Waals surface area contributed by atoms with Gasteiger partial charge in [-0.2, -0.15) is 5.10 Å². The molecule has 1 aromatic carbocycles. The van der Waals surface area contributed by atoms with Crippen molar-refractivity contribution >= 4 is 17.5 Å². The number of aromatic nitrogens is 3. The van der Waals surface area contributed by atoms with Crippen molar-refractivity contribution in [3.8, 4) is 5.82 Å². The van der Waals surface area contributed by atoms with Crippen molar-refractivity contribution in [2.45, 2.75) is 12.8 Å². The lowest BCUT2D eigenvalue weighted by atomic mass is 10.1. The molecule has 0 bridgehead atoms. The molecule has 0 aliphatic heterocycles. The topological polar surface area (TPSA) is 88.9 Å². The van der Waals surface area contributed by atoms with Crippen LogP contribution < -0.4 is 10.6 Å². The highest BCUT2D eigenvalue weighted by atomic mass is 16.2. The third kappa shape index (κ3) is 4.54. The molecular formula is C19H19N5O2. The van der Waals surface area contributed by atoms with E-state index in [4.69, 9.17) is 0 Å². The SMILES string of the molecule is O=C(NCCCc1ccccc1)C(=O)Nc1cccnc1-n1cccn1. The van der Waals surface area contributed by atoms with Gasteiger partial charge in [0.15, 0.2) is 5.82 Å². The number of hydrogen-bond donors (Lipinski definition) is 2. The molecule has 2 amide bonds. The van der Waals surface area contributed by atoms with Crippen molar-refractivity contribution in [2.75, 3.05) is 11.9 Å². The van der Waals surface area contributed by atoms with Crippen LogP contribution in [0.15, 0.2) is 67.1 Å². The van der Waals surface area contributed by atoms with Crippen molar-refractivity contribution < 1.29 is 9.59 Å². The molecule has 0 unspecified atom stereocenters. The first-order valence-corrected chi connectivity index (χ1v) is 8.32. The number of rotatable bonds is 6. The number of amides is 2. The van der Waals surface area contributed by atoms with Gasteiger partial charge in [0, 0.05) is 25.1 Å². The van der Waals surface area contributed by atoms with E-state index in [2.05, 4.69) is 20.7 Å². The fourth-order valence-corrected chi connectivity index (χ4v) is 2.47. The number of carbonyl (C=O) groups excluding carboxylic acids is 2. The summed E-state index contributed by atoms with van der Waals surface area (Å²) in [5, 5.41) is 9.31. The summed E-state index contributed by atoms with van der Waals surface area (Å²) in [6.45, 7) is 0.431. The number of nitrogens with one attached hydrogen (secondary N) is 2. The lowest BCUT2D eigenvalue weighted by Crippen LogP contribution is -2.36. The molecule has 2 heterocycles. The quantitative estimate of drug-likeness (QED) is 0.526. The van der Waals surface area contributed by atoms with E-state index in [1.165, 1.54) is 10.2 Å². The lowest BCUT2D eigenvalue weighted by Gasteiger charge is -2.10. The molecule has 0 spiro atoms. The Kier molecular flexibility index (Phi) is 5.72. The Morgan fingerprint density at radius 3 is 2.58 bits per heavy atom. The molecule has 0 radical (unpaired) electrons. The molecule has 2 aromatic heterocycles. The van der Waals surface area contributed by atoms with Crippen molar-refractivity contribution in [1.29, 1.82) is 0 Å². The van der Waals surface area contributed by atoms with E-state index in [-0.39, 0.29) is 0 Å². The van der Waals surface area contributed by atoms with Gasteiger partial charge < -0.3 is 10.6 Å². The maximum atomic E-state index is 12.1. The summed E-state index contributed by atoms with van der Waals surface area (Å²) in [7, 11) is 0. The summed E-state index contributed by atoms with van der Waals surface area (Å²) in [4.78, 5) is 28.3. The highest BCUT2D eigenvalue weighted by Gasteiger charge is 2.16. The molecular weight excluding hydrogens is 330 g/mol. The highest BCUT2D eigenvalue weighted by molar-refractivity contribution is 6.39. The minimum atomic E-state index is -0.730. The first-order valence-electron chi connectivity index (χ1n) is 8.32. The predicted molar refractivity (Wildman–Crippen MR) is 97.8 cm³/mol. The van der Waals surface area contributed by atoms with Crippen LogP contribution in [0.2, 0.25) is 0 Å². The van der Waals surface area contributed by atoms with Crippen molar-refractivity contribution in [3.63, 3.8) is 0 Å². The van der Waals surface area contributed by atoms with E-state index in [1.54, 1.807) is 36.8 Å². The molecule has 0 saturated heterocycles. The molecule has 0 aliphatic rings. The fraction of sp³-hybridized carbons (Fsp3) is 0.158.